The van der Waals surface area contributed by atoms with E-state index < -0.39 is 22.4 Å². The van der Waals surface area contributed by atoms with E-state index in [4.69, 9.17) is 9.84 Å². The fourth-order valence-corrected chi connectivity index (χ4v) is 1.57. The minimum absolute atomic E-state index is 0.0186. The van der Waals surface area contributed by atoms with Crippen LogP contribution in [0.3, 0.4) is 0 Å². The van der Waals surface area contributed by atoms with E-state index in [1.54, 1.807) is 13.8 Å². The number of alkyl carbamates (subject to hydrolysis) is 1. The summed E-state index contributed by atoms with van der Waals surface area (Å²) in [5.74, 6) is -1.06. The second kappa shape index (κ2) is 7.92. The van der Waals surface area contributed by atoms with Gasteiger partial charge in [-0.05, 0) is 17.7 Å². The van der Waals surface area contributed by atoms with Crippen LogP contribution in [-0.4, -0.2) is 28.6 Å². The van der Waals surface area contributed by atoms with E-state index in [0.717, 1.165) is 6.08 Å². The molecule has 2 N–H and O–H groups in total. The fraction of sp³-hybridized carbons (Fsp3) is 0.333. The van der Waals surface area contributed by atoms with Crippen LogP contribution < -0.4 is 5.32 Å². The van der Waals surface area contributed by atoms with E-state index in [1.807, 2.05) is 0 Å². The molecule has 1 aromatic carbocycles. The van der Waals surface area contributed by atoms with Gasteiger partial charge < -0.3 is 15.2 Å². The van der Waals surface area contributed by atoms with Crippen LogP contribution in [0.5, 0.6) is 0 Å². The summed E-state index contributed by atoms with van der Waals surface area (Å²) in [6.07, 6.45) is 1.84. The molecule has 0 saturated heterocycles. The van der Waals surface area contributed by atoms with Gasteiger partial charge in [0.05, 0.1) is 4.92 Å². The zero-order valence-corrected chi connectivity index (χ0v) is 12.8. The molecule has 8 nitrogen and oxygen atoms in total. The van der Waals surface area contributed by atoms with Crippen molar-refractivity contribution in [2.24, 2.45) is 5.41 Å². The molecule has 0 fully saturated rings. The van der Waals surface area contributed by atoms with Gasteiger partial charge in [0.15, 0.2) is 0 Å². The minimum Gasteiger partial charge on any atom is -0.478 e. The standard InChI is InChI=1S/C15H18N2O6/c1-15(2,8-7-13(18)19)10-16-14(20)23-9-11-3-5-12(6-4-11)17(21)22/h3-8H,9-10H2,1-2H3,(H,16,20)(H,18,19). The number of benzene rings is 1. The lowest BCUT2D eigenvalue weighted by molar-refractivity contribution is -0.384. The van der Waals surface area contributed by atoms with Crippen LogP contribution in [0.25, 0.3) is 0 Å². The number of rotatable bonds is 7. The molecule has 0 atom stereocenters. The number of ether oxygens (including phenoxy) is 1. The van der Waals surface area contributed by atoms with Crippen LogP contribution in [0.2, 0.25) is 0 Å². The van der Waals surface area contributed by atoms with Crippen LogP contribution in [0.1, 0.15) is 19.4 Å². The van der Waals surface area contributed by atoms with Gasteiger partial charge in [-0.3, -0.25) is 10.1 Å². The van der Waals surface area contributed by atoms with Crippen LogP contribution in [-0.2, 0) is 16.1 Å². The zero-order valence-electron chi connectivity index (χ0n) is 12.8. The smallest absolute Gasteiger partial charge is 0.407 e. The lowest BCUT2D eigenvalue weighted by atomic mass is 9.93. The Morgan fingerprint density at radius 1 is 1.35 bits per heavy atom. The second-order valence-corrected chi connectivity index (χ2v) is 5.51. The van der Waals surface area contributed by atoms with Crippen molar-refractivity contribution in [3.8, 4) is 0 Å². The van der Waals surface area contributed by atoms with Crippen LogP contribution in [0.15, 0.2) is 36.4 Å². The maximum absolute atomic E-state index is 11.6. The van der Waals surface area contributed by atoms with Gasteiger partial charge in [0, 0.05) is 30.2 Å². The molecule has 0 radical (unpaired) electrons. The van der Waals surface area contributed by atoms with Gasteiger partial charge in [-0.2, -0.15) is 0 Å². The van der Waals surface area contributed by atoms with E-state index in [1.165, 1.54) is 30.3 Å². The molecule has 23 heavy (non-hydrogen) atoms. The van der Waals surface area contributed by atoms with Gasteiger partial charge >= 0.3 is 12.1 Å². The Morgan fingerprint density at radius 2 is 1.96 bits per heavy atom. The van der Waals surface area contributed by atoms with Crippen molar-refractivity contribution in [3.63, 3.8) is 0 Å². The summed E-state index contributed by atoms with van der Waals surface area (Å²) in [4.78, 5) is 32.1. The number of non-ortho nitro benzene ring substituents is 1. The predicted octanol–water partition coefficient (Wildman–Crippen LogP) is 2.49. The molecule has 0 aliphatic rings. The Labute approximate surface area is 132 Å². The number of aliphatic carboxylic acids is 1. The molecule has 1 amide bonds. The molecule has 0 aromatic heterocycles. The topological polar surface area (TPSA) is 119 Å². The Kier molecular flexibility index (Phi) is 6.25. The number of nitrogens with zero attached hydrogens (tertiary/aromatic N) is 1. The largest absolute Gasteiger partial charge is 0.478 e. The summed E-state index contributed by atoms with van der Waals surface area (Å²) < 4.78 is 4.99. The summed E-state index contributed by atoms with van der Waals surface area (Å²) in [5.41, 5.74) is 0.0473. The van der Waals surface area contributed by atoms with Crippen LogP contribution in [0.4, 0.5) is 10.5 Å². The van der Waals surface area contributed by atoms with Crippen molar-refractivity contribution in [1.29, 1.82) is 0 Å². The number of nitrogens with one attached hydrogen (secondary N) is 1. The quantitative estimate of drug-likeness (QED) is 0.452. The highest BCUT2D eigenvalue weighted by Gasteiger charge is 2.16. The summed E-state index contributed by atoms with van der Waals surface area (Å²) in [5, 5.41) is 21.6. The highest BCUT2D eigenvalue weighted by molar-refractivity contribution is 5.79. The van der Waals surface area contributed by atoms with Crippen LogP contribution >= 0.6 is 0 Å². The average Bonchev–Trinajstić information content (AvgIpc) is 2.49. The lowest BCUT2D eigenvalue weighted by Crippen LogP contribution is -2.33. The molecule has 124 valence electrons. The molecule has 0 aliphatic heterocycles. The third-order valence-electron chi connectivity index (χ3n) is 2.88. The van der Waals surface area contributed by atoms with E-state index in [0.29, 0.717) is 5.56 Å². The molecule has 0 aliphatic carbocycles. The first-order valence-corrected chi connectivity index (χ1v) is 6.76. The molecular formula is C15H18N2O6. The SMILES string of the molecule is CC(C)(C=CC(=O)O)CNC(=O)OCc1ccc([N+](=O)[O-])cc1. The first-order chi connectivity index (χ1) is 10.7. The highest BCUT2D eigenvalue weighted by Crippen LogP contribution is 2.16. The highest BCUT2D eigenvalue weighted by atomic mass is 16.6. The molecule has 0 heterocycles. The van der Waals surface area contributed by atoms with Crippen molar-refractivity contribution in [2.45, 2.75) is 20.5 Å². The molecule has 1 rings (SSSR count). The normalized spacial score (nSPS) is 11.2. The predicted molar refractivity (Wildman–Crippen MR) is 81.8 cm³/mol. The summed E-state index contributed by atoms with van der Waals surface area (Å²) in [6.45, 7) is 3.72. The third-order valence-corrected chi connectivity index (χ3v) is 2.88. The number of carbonyl (C=O) groups excluding carboxylic acids is 1. The van der Waals surface area contributed by atoms with Gasteiger partial charge in [0.1, 0.15) is 6.61 Å². The average molecular weight is 322 g/mol. The van der Waals surface area contributed by atoms with Crippen molar-refractivity contribution in [2.75, 3.05) is 6.54 Å². The number of carbonyl (C=O) groups is 2. The first-order valence-electron chi connectivity index (χ1n) is 6.76. The van der Waals surface area contributed by atoms with Crippen molar-refractivity contribution >= 4 is 17.7 Å². The van der Waals surface area contributed by atoms with E-state index in [9.17, 15) is 19.7 Å². The molecule has 0 saturated carbocycles. The number of hydrogen-bond donors (Lipinski definition) is 2. The molecule has 1 aromatic rings. The second-order valence-electron chi connectivity index (χ2n) is 5.51. The number of carboxylic acids is 1. The Bertz CT molecular complexity index is 607. The van der Waals surface area contributed by atoms with Crippen molar-refractivity contribution in [1.82, 2.24) is 5.32 Å². The van der Waals surface area contributed by atoms with Crippen molar-refractivity contribution in [3.05, 3.63) is 52.1 Å². The molecular weight excluding hydrogens is 304 g/mol. The zero-order chi connectivity index (χ0) is 17.5. The van der Waals surface area contributed by atoms with E-state index in [-0.39, 0.29) is 18.8 Å². The first kappa shape index (κ1) is 18.1. The summed E-state index contributed by atoms with van der Waals surface area (Å²) in [6, 6.07) is 5.67. The molecule has 8 heteroatoms. The van der Waals surface area contributed by atoms with Gasteiger partial charge in [-0.1, -0.05) is 19.9 Å². The van der Waals surface area contributed by atoms with E-state index >= 15 is 0 Å². The van der Waals surface area contributed by atoms with Crippen molar-refractivity contribution < 1.29 is 24.4 Å². The van der Waals surface area contributed by atoms with Gasteiger partial charge in [-0.25, -0.2) is 9.59 Å². The van der Waals surface area contributed by atoms with Crippen LogP contribution in [0, 0.1) is 15.5 Å². The number of amides is 1. The Morgan fingerprint density at radius 3 is 2.48 bits per heavy atom. The Balaban J connectivity index is 2.42. The number of nitro benzene ring substituents is 1. The fourth-order valence-electron chi connectivity index (χ4n) is 1.57. The summed E-state index contributed by atoms with van der Waals surface area (Å²) >= 11 is 0. The third kappa shape index (κ3) is 7.07. The maximum Gasteiger partial charge on any atom is 0.407 e. The van der Waals surface area contributed by atoms with Gasteiger partial charge in [0.25, 0.3) is 5.69 Å². The maximum atomic E-state index is 11.6. The molecule has 0 unspecified atom stereocenters. The van der Waals surface area contributed by atoms with Gasteiger partial charge in [-0.15, -0.1) is 0 Å². The molecule has 0 spiro atoms. The molecule has 0 bridgehead atoms. The lowest BCUT2D eigenvalue weighted by Gasteiger charge is -2.20. The number of hydrogen-bond acceptors (Lipinski definition) is 5. The summed E-state index contributed by atoms with van der Waals surface area (Å²) in [7, 11) is 0. The number of nitro groups is 1. The van der Waals surface area contributed by atoms with Gasteiger partial charge in [0.2, 0.25) is 0 Å². The monoisotopic (exact) mass is 322 g/mol. The minimum atomic E-state index is -1.06. The van der Waals surface area contributed by atoms with E-state index in [2.05, 4.69) is 5.32 Å². The number of carboxylic acid groups (broad SMARTS) is 1. The Hall–Kier alpha value is -2.90.